The molecule has 0 amide bonds. The van der Waals surface area contributed by atoms with Crippen LogP contribution in [-0.2, 0) is 23.0 Å². The molecule has 1 aliphatic carbocycles. The summed E-state index contributed by atoms with van der Waals surface area (Å²) < 4.78 is 39.8. The smallest absolute Gasteiger partial charge is 0.244 e. The molecule has 30 heavy (non-hydrogen) atoms. The maximum absolute atomic E-state index is 13.8. The molecule has 6 nitrogen and oxygen atoms in total. The van der Waals surface area contributed by atoms with Crippen LogP contribution in [0.2, 0.25) is 0 Å². The minimum atomic E-state index is -3.81. The van der Waals surface area contributed by atoms with Crippen molar-refractivity contribution in [3.05, 3.63) is 83.7 Å². The third-order valence-corrected chi connectivity index (χ3v) is 7.32. The molecule has 4 rings (SSSR count). The standard InChI is InChI=1S/C23H24N2O4S/c1-28-22-12-10-19(14-23(22)29-2)30(26,27)25(16-17-6-5-13-24-15-17)21-11-9-18-7-3-4-8-20(18)21/h3-8,10,12-15,21H,9,11,16H2,1-2H3. The fourth-order valence-electron chi connectivity index (χ4n) is 3.98. The molecule has 1 aromatic heterocycles. The van der Waals surface area contributed by atoms with Crippen LogP contribution in [0.5, 0.6) is 11.5 Å². The van der Waals surface area contributed by atoms with Gasteiger partial charge in [0.15, 0.2) is 11.5 Å². The molecular formula is C23H24N2O4S. The number of ether oxygens (including phenoxy) is 2. The first-order valence-corrected chi connectivity index (χ1v) is 11.2. The van der Waals surface area contributed by atoms with Gasteiger partial charge in [0.05, 0.1) is 25.2 Å². The molecule has 1 heterocycles. The first-order chi connectivity index (χ1) is 14.5. The van der Waals surface area contributed by atoms with Gasteiger partial charge in [0.2, 0.25) is 10.0 Å². The first kappa shape index (κ1) is 20.4. The number of pyridine rings is 1. The van der Waals surface area contributed by atoms with Gasteiger partial charge in [0.25, 0.3) is 0 Å². The number of benzene rings is 2. The molecule has 0 saturated heterocycles. The summed E-state index contributed by atoms with van der Waals surface area (Å²) in [6, 6.07) is 16.2. The highest BCUT2D eigenvalue weighted by molar-refractivity contribution is 7.89. The Hall–Kier alpha value is -2.90. The second-order valence-corrected chi connectivity index (χ2v) is 9.07. The zero-order valence-corrected chi connectivity index (χ0v) is 17.8. The third kappa shape index (κ3) is 3.78. The second-order valence-electron chi connectivity index (χ2n) is 7.18. The molecule has 0 saturated carbocycles. The highest BCUT2D eigenvalue weighted by atomic mass is 32.2. The molecule has 3 aromatic rings. The van der Waals surface area contributed by atoms with Gasteiger partial charge in [-0.3, -0.25) is 4.98 Å². The fourth-order valence-corrected chi connectivity index (χ4v) is 5.62. The Labute approximate surface area is 177 Å². The molecule has 0 bridgehead atoms. The zero-order valence-electron chi connectivity index (χ0n) is 17.0. The van der Waals surface area contributed by atoms with Crippen molar-refractivity contribution in [3.63, 3.8) is 0 Å². The van der Waals surface area contributed by atoms with Gasteiger partial charge in [-0.25, -0.2) is 8.42 Å². The van der Waals surface area contributed by atoms with Gasteiger partial charge >= 0.3 is 0 Å². The SMILES string of the molecule is COc1ccc(S(=O)(=O)N(Cc2cccnc2)C2CCc3ccccc32)cc1OC. The van der Waals surface area contributed by atoms with Crippen molar-refractivity contribution in [2.75, 3.05) is 14.2 Å². The number of rotatable bonds is 7. The van der Waals surface area contributed by atoms with E-state index in [9.17, 15) is 8.42 Å². The number of fused-ring (bicyclic) bond motifs is 1. The molecule has 7 heteroatoms. The van der Waals surface area contributed by atoms with Gasteiger partial charge in [-0.1, -0.05) is 30.3 Å². The fraction of sp³-hybridized carbons (Fsp3) is 0.261. The Morgan fingerprint density at radius 1 is 1.03 bits per heavy atom. The van der Waals surface area contributed by atoms with Crippen LogP contribution >= 0.6 is 0 Å². The van der Waals surface area contributed by atoms with Crippen molar-refractivity contribution >= 4 is 10.0 Å². The number of methoxy groups -OCH3 is 2. The second kappa shape index (κ2) is 8.45. The third-order valence-electron chi connectivity index (χ3n) is 5.47. The lowest BCUT2D eigenvalue weighted by Crippen LogP contribution is -2.33. The summed E-state index contributed by atoms with van der Waals surface area (Å²) in [5.74, 6) is 0.869. The molecule has 2 aromatic carbocycles. The minimum absolute atomic E-state index is 0.174. The monoisotopic (exact) mass is 424 g/mol. The van der Waals surface area contributed by atoms with Crippen LogP contribution in [0.15, 0.2) is 71.9 Å². The largest absolute Gasteiger partial charge is 0.493 e. The Balaban J connectivity index is 1.79. The molecule has 1 atom stereocenters. The maximum atomic E-state index is 13.8. The van der Waals surface area contributed by atoms with Gasteiger partial charge in [-0.2, -0.15) is 4.31 Å². The lowest BCUT2D eigenvalue weighted by Gasteiger charge is -2.29. The predicted molar refractivity (Wildman–Crippen MR) is 114 cm³/mol. The summed E-state index contributed by atoms with van der Waals surface area (Å²) in [5.41, 5.74) is 3.09. The quantitative estimate of drug-likeness (QED) is 0.574. The molecule has 156 valence electrons. The van der Waals surface area contributed by atoms with E-state index in [1.807, 2.05) is 30.3 Å². The topological polar surface area (TPSA) is 68.7 Å². The number of sulfonamides is 1. The average Bonchev–Trinajstić information content (AvgIpc) is 3.21. The number of aryl methyl sites for hydroxylation is 1. The average molecular weight is 425 g/mol. The number of hydrogen-bond acceptors (Lipinski definition) is 5. The molecule has 1 aliphatic rings. The van der Waals surface area contributed by atoms with E-state index in [0.29, 0.717) is 11.5 Å². The van der Waals surface area contributed by atoms with Crippen molar-refractivity contribution in [1.29, 1.82) is 0 Å². The molecule has 1 unspecified atom stereocenters. The summed E-state index contributed by atoms with van der Waals surface area (Å²) in [6.45, 7) is 0.240. The van der Waals surface area contributed by atoms with E-state index in [2.05, 4.69) is 11.1 Å². The first-order valence-electron chi connectivity index (χ1n) is 9.75. The molecule has 0 spiro atoms. The summed E-state index contributed by atoms with van der Waals surface area (Å²) >= 11 is 0. The minimum Gasteiger partial charge on any atom is -0.493 e. The highest BCUT2D eigenvalue weighted by Gasteiger charge is 2.36. The van der Waals surface area contributed by atoms with Crippen LogP contribution < -0.4 is 9.47 Å². The number of nitrogens with zero attached hydrogens (tertiary/aromatic N) is 2. The maximum Gasteiger partial charge on any atom is 0.244 e. The summed E-state index contributed by atoms with van der Waals surface area (Å²) in [6.07, 6.45) is 4.98. The normalized spacial score (nSPS) is 15.8. The van der Waals surface area contributed by atoms with Crippen LogP contribution in [0.3, 0.4) is 0 Å². The molecular weight excluding hydrogens is 400 g/mol. The van der Waals surface area contributed by atoms with Crippen LogP contribution in [0.4, 0.5) is 0 Å². The van der Waals surface area contributed by atoms with Crippen LogP contribution in [-0.4, -0.2) is 31.9 Å². The van der Waals surface area contributed by atoms with Gasteiger partial charge in [-0.05, 0) is 47.7 Å². The lowest BCUT2D eigenvalue weighted by molar-refractivity contribution is 0.315. The van der Waals surface area contributed by atoms with Gasteiger partial charge in [0.1, 0.15) is 0 Å². The Kier molecular flexibility index (Phi) is 5.74. The Morgan fingerprint density at radius 3 is 2.57 bits per heavy atom. The van der Waals surface area contributed by atoms with E-state index in [1.165, 1.54) is 25.8 Å². The number of aromatic nitrogens is 1. The summed E-state index contributed by atoms with van der Waals surface area (Å²) in [4.78, 5) is 4.33. The zero-order chi connectivity index (χ0) is 21.1. The van der Waals surface area contributed by atoms with Crippen LogP contribution in [0.25, 0.3) is 0 Å². The van der Waals surface area contributed by atoms with E-state index >= 15 is 0 Å². The predicted octanol–water partition coefficient (Wildman–Crippen LogP) is 3.98. The highest BCUT2D eigenvalue weighted by Crippen LogP contribution is 2.40. The van der Waals surface area contributed by atoms with Crippen LogP contribution in [0, 0.1) is 0 Å². The van der Waals surface area contributed by atoms with E-state index in [1.54, 1.807) is 28.8 Å². The van der Waals surface area contributed by atoms with Crippen molar-refractivity contribution in [2.24, 2.45) is 0 Å². The van der Waals surface area contributed by atoms with Crippen molar-refractivity contribution in [2.45, 2.75) is 30.3 Å². The summed E-state index contributed by atoms with van der Waals surface area (Å²) in [7, 11) is -0.794. The Morgan fingerprint density at radius 2 is 1.83 bits per heavy atom. The van der Waals surface area contributed by atoms with Gasteiger partial charge < -0.3 is 9.47 Å². The molecule has 0 aliphatic heterocycles. The molecule has 0 fully saturated rings. The van der Waals surface area contributed by atoms with E-state index < -0.39 is 10.0 Å². The molecule has 0 N–H and O–H groups in total. The van der Waals surface area contributed by atoms with Crippen molar-refractivity contribution < 1.29 is 17.9 Å². The van der Waals surface area contributed by atoms with E-state index in [-0.39, 0.29) is 17.5 Å². The van der Waals surface area contributed by atoms with Crippen molar-refractivity contribution in [3.8, 4) is 11.5 Å². The van der Waals surface area contributed by atoms with Gasteiger partial charge in [-0.15, -0.1) is 0 Å². The van der Waals surface area contributed by atoms with E-state index in [0.717, 1.165) is 24.0 Å². The Bertz CT molecular complexity index is 1130. The lowest BCUT2D eigenvalue weighted by atomic mass is 10.1. The van der Waals surface area contributed by atoms with Crippen LogP contribution in [0.1, 0.15) is 29.2 Å². The molecule has 0 radical (unpaired) electrons. The van der Waals surface area contributed by atoms with E-state index in [4.69, 9.17) is 9.47 Å². The van der Waals surface area contributed by atoms with Crippen molar-refractivity contribution in [1.82, 2.24) is 9.29 Å². The number of hydrogen-bond donors (Lipinski definition) is 0. The van der Waals surface area contributed by atoms with Gasteiger partial charge in [0, 0.05) is 25.0 Å². The summed E-state index contributed by atoms with van der Waals surface area (Å²) in [5, 5.41) is 0.